The molecule has 3 rings (SSSR count). The summed E-state index contributed by atoms with van der Waals surface area (Å²) in [6, 6.07) is 10.1. The predicted molar refractivity (Wildman–Crippen MR) is 109 cm³/mol. The second-order valence-corrected chi connectivity index (χ2v) is 9.35. The smallest absolute Gasteiger partial charge is 0.100 e. The zero-order valence-corrected chi connectivity index (χ0v) is 17.5. The Kier molecular flexibility index (Phi) is 6.38. The van der Waals surface area contributed by atoms with Gasteiger partial charge < -0.3 is 19.7 Å². The molecule has 2 aliphatic rings. The van der Waals surface area contributed by atoms with Crippen LogP contribution in [0.15, 0.2) is 46.9 Å². The number of methoxy groups -OCH3 is 1. The second-order valence-electron chi connectivity index (χ2n) is 8.30. The summed E-state index contributed by atoms with van der Waals surface area (Å²) < 4.78 is 11.8. The highest BCUT2D eigenvalue weighted by Crippen LogP contribution is 2.55. The van der Waals surface area contributed by atoms with Gasteiger partial charge in [-0.05, 0) is 52.2 Å². The molecule has 1 saturated heterocycles. The first-order chi connectivity index (χ1) is 12.8. The van der Waals surface area contributed by atoms with E-state index in [1.807, 2.05) is 18.2 Å². The molecule has 2 fully saturated rings. The van der Waals surface area contributed by atoms with Gasteiger partial charge in [0, 0.05) is 23.7 Å². The molecule has 0 amide bonds. The Morgan fingerprint density at radius 2 is 2.04 bits per heavy atom. The molecular weight excluding hydrogens is 360 g/mol. The molecule has 5 heteroatoms. The van der Waals surface area contributed by atoms with Crippen LogP contribution in [0.2, 0.25) is 0 Å². The lowest BCUT2D eigenvalue weighted by Crippen LogP contribution is -2.60. The number of aliphatic hydroxyl groups excluding tert-OH is 1. The molecule has 0 aromatic heterocycles. The molecule has 6 atom stereocenters. The van der Waals surface area contributed by atoms with E-state index in [0.717, 1.165) is 11.3 Å². The first-order valence-electron chi connectivity index (χ1n) is 9.72. The van der Waals surface area contributed by atoms with Gasteiger partial charge in [-0.2, -0.15) is 0 Å². The molecular formula is C22H32O4S. The highest BCUT2D eigenvalue weighted by atomic mass is 32.2. The van der Waals surface area contributed by atoms with Crippen LogP contribution < -0.4 is 0 Å². The van der Waals surface area contributed by atoms with Crippen LogP contribution in [0.1, 0.15) is 40.0 Å². The van der Waals surface area contributed by atoms with Gasteiger partial charge in [0.1, 0.15) is 5.60 Å². The molecule has 1 aliphatic carbocycles. The molecule has 1 aromatic carbocycles. The van der Waals surface area contributed by atoms with Gasteiger partial charge in [0.25, 0.3) is 0 Å². The normalized spacial score (nSPS) is 38.4. The maximum atomic E-state index is 11.7. The van der Waals surface area contributed by atoms with Crippen molar-refractivity contribution in [2.75, 3.05) is 12.9 Å². The standard InChI is InChI=1S/C22H32O4S/c1-15(2)10-11-18-21(3,26-18)20-19(25-4)17(23)12-13-22(20,24)14-27-16-8-6-5-7-9-16/h5-10,17-20,23-24H,11-14H2,1-4H3/t17-,18-,19-,20-,21+,22+/m1/s1. The van der Waals surface area contributed by atoms with Crippen molar-refractivity contribution in [3.63, 3.8) is 0 Å². The minimum absolute atomic E-state index is 0.0496. The van der Waals surface area contributed by atoms with Gasteiger partial charge in [-0.1, -0.05) is 29.8 Å². The summed E-state index contributed by atoms with van der Waals surface area (Å²) >= 11 is 1.65. The van der Waals surface area contributed by atoms with Crippen molar-refractivity contribution in [3.05, 3.63) is 42.0 Å². The van der Waals surface area contributed by atoms with Crippen molar-refractivity contribution in [2.45, 2.75) is 74.4 Å². The number of ether oxygens (including phenoxy) is 2. The zero-order valence-electron chi connectivity index (χ0n) is 16.7. The van der Waals surface area contributed by atoms with Crippen molar-refractivity contribution in [2.24, 2.45) is 5.92 Å². The Bertz CT molecular complexity index is 660. The SMILES string of the molecule is CO[C@@H]1[C@H](O)CC[C@](O)(CSc2ccccc2)[C@H]1[C@@]1(C)O[C@@H]1CC=C(C)C. The molecule has 0 spiro atoms. The fraction of sp³-hybridized carbons (Fsp3) is 0.636. The number of benzene rings is 1. The minimum Gasteiger partial charge on any atom is -0.390 e. The highest BCUT2D eigenvalue weighted by molar-refractivity contribution is 7.99. The maximum Gasteiger partial charge on any atom is 0.100 e. The van der Waals surface area contributed by atoms with Crippen molar-refractivity contribution in [1.29, 1.82) is 0 Å². The van der Waals surface area contributed by atoms with E-state index in [9.17, 15) is 10.2 Å². The topological polar surface area (TPSA) is 62.2 Å². The summed E-state index contributed by atoms with van der Waals surface area (Å²) in [6.07, 6.45) is 3.13. The average Bonchev–Trinajstić information content (AvgIpc) is 3.32. The summed E-state index contributed by atoms with van der Waals surface area (Å²) in [5.74, 6) is 0.285. The first kappa shape index (κ1) is 20.9. The second kappa shape index (κ2) is 8.26. The van der Waals surface area contributed by atoms with E-state index < -0.39 is 23.4 Å². The van der Waals surface area contributed by atoms with Gasteiger partial charge in [-0.25, -0.2) is 0 Å². The third-order valence-electron chi connectivity index (χ3n) is 6.00. The zero-order chi connectivity index (χ0) is 19.7. The van der Waals surface area contributed by atoms with E-state index in [4.69, 9.17) is 9.47 Å². The molecule has 27 heavy (non-hydrogen) atoms. The lowest BCUT2D eigenvalue weighted by molar-refractivity contribution is -0.169. The van der Waals surface area contributed by atoms with E-state index in [1.54, 1.807) is 18.9 Å². The third-order valence-corrected chi connectivity index (χ3v) is 7.25. The van der Waals surface area contributed by atoms with Gasteiger partial charge >= 0.3 is 0 Å². The lowest BCUT2D eigenvalue weighted by Gasteiger charge is -2.48. The van der Waals surface area contributed by atoms with Crippen LogP contribution in [-0.4, -0.2) is 52.6 Å². The van der Waals surface area contributed by atoms with Crippen LogP contribution >= 0.6 is 11.8 Å². The Morgan fingerprint density at radius 3 is 2.67 bits per heavy atom. The minimum atomic E-state index is -0.950. The molecule has 150 valence electrons. The summed E-state index contributed by atoms with van der Waals surface area (Å²) in [7, 11) is 1.62. The van der Waals surface area contributed by atoms with Crippen LogP contribution in [0.5, 0.6) is 0 Å². The summed E-state index contributed by atoms with van der Waals surface area (Å²) in [5.41, 5.74) is -0.177. The number of epoxide rings is 1. The number of thioether (sulfide) groups is 1. The number of hydrogen-bond donors (Lipinski definition) is 2. The quantitative estimate of drug-likeness (QED) is 0.420. The lowest BCUT2D eigenvalue weighted by atomic mass is 9.66. The van der Waals surface area contributed by atoms with Crippen molar-refractivity contribution in [3.8, 4) is 0 Å². The molecule has 0 bridgehead atoms. The van der Waals surface area contributed by atoms with Crippen LogP contribution in [-0.2, 0) is 9.47 Å². The summed E-state index contributed by atoms with van der Waals surface area (Å²) in [6.45, 7) is 6.22. The molecule has 0 unspecified atom stereocenters. The fourth-order valence-electron chi connectivity index (χ4n) is 4.46. The molecule has 1 aliphatic heterocycles. The van der Waals surface area contributed by atoms with E-state index in [1.165, 1.54) is 5.57 Å². The van der Waals surface area contributed by atoms with Crippen molar-refractivity contribution in [1.82, 2.24) is 0 Å². The highest BCUT2D eigenvalue weighted by Gasteiger charge is 2.66. The van der Waals surface area contributed by atoms with Gasteiger partial charge in [-0.3, -0.25) is 0 Å². The molecule has 1 heterocycles. The van der Waals surface area contributed by atoms with Gasteiger partial charge in [0.2, 0.25) is 0 Å². The molecule has 4 nitrogen and oxygen atoms in total. The van der Waals surface area contributed by atoms with Gasteiger partial charge in [-0.15, -0.1) is 11.8 Å². The average molecular weight is 393 g/mol. The fourth-order valence-corrected chi connectivity index (χ4v) is 5.55. The van der Waals surface area contributed by atoms with E-state index in [-0.39, 0.29) is 12.0 Å². The van der Waals surface area contributed by atoms with Crippen LogP contribution in [0.4, 0.5) is 0 Å². The van der Waals surface area contributed by atoms with Crippen LogP contribution in [0.25, 0.3) is 0 Å². The van der Waals surface area contributed by atoms with Gasteiger partial charge in [0.05, 0.1) is 23.9 Å². The van der Waals surface area contributed by atoms with E-state index in [0.29, 0.717) is 18.6 Å². The summed E-state index contributed by atoms with van der Waals surface area (Å²) in [4.78, 5) is 1.13. The number of hydrogen-bond acceptors (Lipinski definition) is 5. The number of allylic oxidation sites excluding steroid dienone is 1. The Hall–Kier alpha value is -0.850. The van der Waals surface area contributed by atoms with E-state index in [2.05, 4.69) is 39.0 Å². The predicted octanol–water partition coefficient (Wildman–Crippen LogP) is 3.81. The molecule has 1 saturated carbocycles. The number of aliphatic hydroxyl groups is 2. The van der Waals surface area contributed by atoms with Gasteiger partial charge in [0.15, 0.2) is 0 Å². The van der Waals surface area contributed by atoms with Crippen molar-refractivity contribution >= 4 is 11.8 Å². The Labute approximate surface area is 167 Å². The summed E-state index contributed by atoms with van der Waals surface area (Å²) in [5, 5.41) is 22.2. The molecule has 2 N–H and O–H groups in total. The number of rotatable bonds is 7. The maximum absolute atomic E-state index is 11.7. The first-order valence-corrected chi connectivity index (χ1v) is 10.7. The Morgan fingerprint density at radius 1 is 1.33 bits per heavy atom. The largest absolute Gasteiger partial charge is 0.390 e. The third kappa shape index (κ3) is 4.43. The van der Waals surface area contributed by atoms with Crippen LogP contribution in [0.3, 0.4) is 0 Å². The monoisotopic (exact) mass is 392 g/mol. The molecule has 0 radical (unpaired) electrons. The molecule has 1 aromatic rings. The van der Waals surface area contributed by atoms with E-state index >= 15 is 0 Å². The van der Waals surface area contributed by atoms with Crippen molar-refractivity contribution < 1.29 is 19.7 Å². The Balaban J connectivity index is 1.81. The van der Waals surface area contributed by atoms with Crippen LogP contribution in [0, 0.1) is 5.92 Å².